The van der Waals surface area contributed by atoms with Crippen molar-refractivity contribution in [2.45, 2.75) is 19.8 Å². The summed E-state index contributed by atoms with van der Waals surface area (Å²) in [4.78, 5) is 18.5. The minimum atomic E-state index is -0.358. The Morgan fingerprint density at radius 1 is 1.48 bits per heavy atom. The Kier molecular flexibility index (Phi) is 3.88. The van der Waals surface area contributed by atoms with Gasteiger partial charge in [0.2, 0.25) is 0 Å². The number of fused-ring (bicyclic) bond motifs is 1. The van der Waals surface area contributed by atoms with Crippen molar-refractivity contribution in [2.75, 3.05) is 26.7 Å². The molecule has 3 heterocycles. The Bertz CT molecular complexity index is 652. The monoisotopic (exact) mass is 288 g/mol. The molecular weight excluding hydrogens is 268 g/mol. The van der Waals surface area contributed by atoms with Crippen molar-refractivity contribution >= 4 is 11.6 Å². The lowest BCUT2D eigenvalue weighted by molar-refractivity contribution is 0.0600. The number of hydrogen-bond acceptors (Lipinski definition) is 5. The highest BCUT2D eigenvalue weighted by Gasteiger charge is 2.22. The van der Waals surface area contributed by atoms with E-state index in [0.717, 1.165) is 31.0 Å². The molecule has 112 valence electrons. The van der Waals surface area contributed by atoms with E-state index in [2.05, 4.69) is 21.9 Å². The minimum absolute atomic E-state index is 0.358. The summed E-state index contributed by atoms with van der Waals surface area (Å²) in [6.07, 6.45) is 3.77. The van der Waals surface area contributed by atoms with Crippen molar-refractivity contribution in [2.24, 2.45) is 5.92 Å². The van der Waals surface area contributed by atoms with Gasteiger partial charge in [-0.15, -0.1) is 0 Å². The summed E-state index contributed by atoms with van der Waals surface area (Å²) in [6.45, 7) is 5.60. The topological polar surface area (TPSA) is 59.7 Å². The van der Waals surface area contributed by atoms with Crippen molar-refractivity contribution in [3.63, 3.8) is 0 Å². The van der Waals surface area contributed by atoms with E-state index in [1.165, 1.54) is 20.1 Å². The Morgan fingerprint density at radius 3 is 3.05 bits per heavy atom. The highest BCUT2D eigenvalue weighted by Crippen LogP contribution is 2.19. The molecule has 21 heavy (non-hydrogen) atoms. The molecule has 1 saturated heterocycles. The molecule has 3 rings (SSSR count). The Morgan fingerprint density at radius 2 is 2.33 bits per heavy atom. The molecule has 6 heteroatoms. The fourth-order valence-corrected chi connectivity index (χ4v) is 2.88. The van der Waals surface area contributed by atoms with Crippen molar-refractivity contribution < 1.29 is 9.53 Å². The SMILES string of the molecule is CCN1CCC(Cc2nc3ccc(C(=O)OC)cn3n2)C1. The van der Waals surface area contributed by atoms with Gasteiger partial charge >= 0.3 is 5.97 Å². The molecule has 0 aliphatic carbocycles. The summed E-state index contributed by atoms with van der Waals surface area (Å²) < 4.78 is 6.38. The zero-order chi connectivity index (χ0) is 14.8. The number of hydrogen-bond donors (Lipinski definition) is 0. The van der Waals surface area contributed by atoms with Gasteiger partial charge in [0, 0.05) is 19.2 Å². The molecule has 0 aromatic carbocycles. The third-order valence-corrected chi connectivity index (χ3v) is 4.08. The molecule has 1 atom stereocenters. The van der Waals surface area contributed by atoms with Crippen molar-refractivity contribution in [1.82, 2.24) is 19.5 Å². The molecule has 1 aliphatic heterocycles. The van der Waals surface area contributed by atoms with Crippen LogP contribution in [0.4, 0.5) is 0 Å². The van der Waals surface area contributed by atoms with Crippen LogP contribution in [0.1, 0.15) is 29.5 Å². The van der Waals surface area contributed by atoms with E-state index in [0.29, 0.717) is 11.5 Å². The Hall–Kier alpha value is -1.95. The summed E-state index contributed by atoms with van der Waals surface area (Å²) >= 11 is 0. The maximum atomic E-state index is 11.5. The molecule has 0 saturated carbocycles. The second-order valence-electron chi connectivity index (χ2n) is 5.49. The van der Waals surface area contributed by atoms with Gasteiger partial charge in [0.15, 0.2) is 11.5 Å². The lowest BCUT2D eigenvalue weighted by atomic mass is 10.1. The molecule has 0 bridgehead atoms. The lowest BCUT2D eigenvalue weighted by Gasteiger charge is -2.11. The maximum absolute atomic E-state index is 11.5. The van der Waals surface area contributed by atoms with Gasteiger partial charge in [-0.1, -0.05) is 6.92 Å². The zero-order valence-electron chi connectivity index (χ0n) is 12.5. The standard InChI is InChI=1S/C15H20N4O2/c1-3-18-7-6-11(9-18)8-13-16-14-5-4-12(15(20)21-2)10-19(14)17-13/h4-5,10-11H,3,6-9H2,1-2H3. The summed E-state index contributed by atoms with van der Waals surface area (Å²) in [5.41, 5.74) is 1.25. The summed E-state index contributed by atoms with van der Waals surface area (Å²) in [7, 11) is 1.37. The number of aromatic nitrogens is 3. The lowest BCUT2D eigenvalue weighted by Crippen LogP contribution is -2.20. The Balaban J connectivity index is 1.76. The number of ether oxygens (including phenoxy) is 1. The first kappa shape index (κ1) is 14.0. The van der Waals surface area contributed by atoms with Crippen LogP contribution in [0.15, 0.2) is 18.3 Å². The third-order valence-electron chi connectivity index (χ3n) is 4.08. The molecular formula is C15H20N4O2. The normalized spacial score (nSPS) is 19.2. The van der Waals surface area contributed by atoms with Crippen LogP contribution in [0.25, 0.3) is 5.65 Å². The van der Waals surface area contributed by atoms with Gasteiger partial charge in [-0.3, -0.25) is 0 Å². The van der Waals surface area contributed by atoms with Crippen LogP contribution in [0.3, 0.4) is 0 Å². The number of rotatable bonds is 4. The molecule has 0 amide bonds. The van der Waals surface area contributed by atoms with Crippen LogP contribution >= 0.6 is 0 Å². The van der Waals surface area contributed by atoms with Crippen LogP contribution in [0.5, 0.6) is 0 Å². The molecule has 1 fully saturated rings. The fourth-order valence-electron chi connectivity index (χ4n) is 2.88. The minimum Gasteiger partial charge on any atom is -0.465 e. The van der Waals surface area contributed by atoms with E-state index in [9.17, 15) is 4.79 Å². The molecule has 6 nitrogen and oxygen atoms in total. The van der Waals surface area contributed by atoms with E-state index in [1.54, 1.807) is 22.8 Å². The average molecular weight is 288 g/mol. The van der Waals surface area contributed by atoms with E-state index in [4.69, 9.17) is 4.74 Å². The molecule has 2 aromatic rings. The van der Waals surface area contributed by atoms with Gasteiger partial charge in [-0.25, -0.2) is 14.3 Å². The molecule has 0 N–H and O–H groups in total. The second kappa shape index (κ2) is 5.81. The van der Waals surface area contributed by atoms with Crippen LogP contribution in [-0.2, 0) is 11.2 Å². The highest BCUT2D eigenvalue weighted by atomic mass is 16.5. The predicted molar refractivity (Wildman–Crippen MR) is 78.3 cm³/mol. The highest BCUT2D eigenvalue weighted by molar-refractivity contribution is 5.89. The van der Waals surface area contributed by atoms with Crippen molar-refractivity contribution in [1.29, 1.82) is 0 Å². The van der Waals surface area contributed by atoms with Crippen molar-refractivity contribution in [3.8, 4) is 0 Å². The molecule has 0 spiro atoms. The van der Waals surface area contributed by atoms with Crippen LogP contribution < -0.4 is 0 Å². The maximum Gasteiger partial charge on any atom is 0.339 e. The van der Waals surface area contributed by atoms with Crippen LogP contribution in [0, 0.1) is 5.92 Å². The van der Waals surface area contributed by atoms with Crippen LogP contribution in [-0.4, -0.2) is 52.2 Å². The van der Waals surface area contributed by atoms with Gasteiger partial charge in [-0.2, -0.15) is 5.10 Å². The van der Waals surface area contributed by atoms with Gasteiger partial charge in [0.05, 0.1) is 12.7 Å². The van der Waals surface area contributed by atoms with Gasteiger partial charge < -0.3 is 9.64 Å². The number of methoxy groups -OCH3 is 1. The third kappa shape index (κ3) is 2.90. The second-order valence-corrected chi connectivity index (χ2v) is 5.49. The fraction of sp³-hybridized carbons (Fsp3) is 0.533. The van der Waals surface area contributed by atoms with E-state index >= 15 is 0 Å². The zero-order valence-corrected chi connectivity index (χ0v) is 12.5. The number of esters is 1. The van der Waals surface area contributed by atoms with E-state index < -0.39 is 0 Å². The van der Waals surface area contributed by atoms with Gasteiger partial charge in [0.25, 0.3) is 0 Å². The van der Waals surface area contributed by atoms with Gasteiger partial charge in [-0.05, 0) is 37.6 Å². The first-order valence-corrected chi connectivity index (χ1v) is 7.35. The number of nitrogens with zero attached hydrogens (tertiary/aromatic N) is 4. The number of carbonyl (C=O) groups excluding carboxylic acids is 1. The van der Waals surface area contributed by atoms with Crippen molar-refractivity contribution in [3.05, 3.63) is 29.7 Å². The molecule has 1 aliphatic rings. The predicted octanol–water partition coefficient (Wildman–Crippen LogP) is 1.40. The average Bonchev–Trinajstić information content (AvgIpc) is 3.11. The molecule has 1 unspecified atom stereocenters. The number of carbonyl (C=O) groups is 1. The molecule has 2 aromatic heterocycles. The Labute approximate surface area is 123 Å². The smallest absolute Gasteiger partial charge is 0.339 e. The summed E-state index contributed by atoms with van der Waals surface area (Å²) in [5.74, 6) is 1.12. The number of likely N-dealkylation sites (tertiary alicyclic amines) is 1. The first-order chi connectivity index (χ1) is 10.2. The molecule has 0 radical (unpaired) electrons. The van der Waals surface area contributed by atoms with E-state index in [-0.39, 0.29) is 5.97 Å². The summed E-state index contributed by atoms with van der Waals surface area (Å²) in [6, 6.07) is 3.52. The largest absolute Gasteiger partial charge is 0.465 e. The number of pyridine rings is 1. The first-order valence-electron chi connectivity index (χ1n) is 7.35. The quantitative estimate of drug-likeness (QED) is 0.796. The van der Waals surface area contributed by atoms with Crippen LogP contribution in [0.2, 0.25) is 0 Å². The van der Waals surface area contributed by atoms with E-state index in [1.807, 2.05) is 0 Å². The van der Waals surface area contributed by atoms with Gasteiger partial charge in [0.1, 0.15) is 0 Å². The summed E-state index contributed by atoms with van der Waals surface area (Å²) in [5, 5.41) is 4.48.